The van der Waals surface area contributed by atoms with Gasteiger partial charge in [-0.15, -0.1) is 0 Å². The average Bonchev–Trinajstić information content (AvgIpc) is 2.37. The summed E-state index contributed by atoms with van der Waals surface area (Å²) in [5, 5.41) is 1.49. The van der Waals surface area contributed by atoms with Gasteiger partial charge < -0.3 is 0 Å². The second kappa shape index (κ2) is 5.72. The first kappa shape index (κ1) is 13.4. The van der Waals surface area contributed by atoms with Gasteiger partial charge in [0, 0.05) is 16.9 Å². The monoisotopic (exact) mass is 278 g/mol. The summed E-state index contributed by atoms with van der Waals surface area (Å²) < 4.78 is 0. The van der Waals surface area contributed by atoms with Gasteiger partial charge in [0.2, 0.25) is 0 Å². The number of hydrogen-bond donors (Lipinski definition) is 0. The molecule has 1 aromatic carbocycles. The molecule has 0 atom stereocenters. The van der Waals surface area contributed by atoms with Crippen molar-refractivity contribution in [3.05, 3.63) is 46.4 Å². The highest BCUT2D eigenvalue weighted by atomic mass is 35.5. The predicted octanol–water partition coefficient (Wildman–Crippen LogP) is 4.46. The lowest BCUT2D eigenvalue weighted by atomic mass is 10.2. The maximum absolute atomic E-state index is 6.12. The molecule has 0 N–H and O–H groups in total. The molecule has 1 aromatic heterocycles. The van der Waals surface area contributed by atoms with Crippen molar-refractivity contribution in [3.8, 4) is 0 Å². The zero-order valence-electron chi connectivity index (χ0n) is 10.7. The zero-order chi connectivity index (χ0) is 13.1. The number of rotatable bonds is 3. The van der Waals surface area contributed by atoms with Crippen molar-refractivity contribution in [2.24, 2.45) is 0 Å². The zero-order valence-corrected chi connectivity index (χ0v) is 12.3. The molecule has 0 unspecified atom stereocenters. The van der Waals surface area contributed by atoms with Gasteiger partial charge in [-0.1, -0.05) is 48.0 Å². The molecule has 0 aliphatic carbocycles. The SMILES string of the molecule is CCc1nc(Cl)c(C)c(Sc2ccc(C)cc2)n1. The van der Waals surface area contributed by atoms with Crippen LogP contribution in [0.15, 0.2) is 34.2 Å². The third kappa shape index (κ3) is 3.03. The van der Waals surface area contributed by atoms with Crippen LogP contribution >= 0.6 is 23.4 Å². The van der Waals surface area contributed by atoms with Gasteiger partial charge in [-0.2, -0.15) is 0 Å². The van der Waals surface area contributed by atoms with Crippen molar-refractivity contribution in [3.63, 3.8) is 0 Å². The molecule has 0 fully saturated rings. The summed E-state index contributed by atoms with van der Waals surface area (Å²) >= 11 is 7.76. The van der Waals surface area contributed by atoms with E-state index in [1.54, 1.807) is 11.8 Å². The van der Waals surface area contributed by atoms with Crippen molar-refractivity contribution in [2.75, 3.05) is 0 Å². The maximum Gasteiger partial charge on any atom is 0.136 e. The minimum absolute atomic E-state index is 0.552. The number of benzene rings is 1. The number of hydrogen-bond acceptors (Lipinski definition) is 3. The fourth-order valence-electron chi connectivity index (χ4n) is 1.49. The van der Waals surface area contributed by atoms with Crippen LogP contribution in [0, 0.1) is 13.8 Å². The smallest absolute Gasteiger partial charge is 0.136 e. The van der Waals surface area contributed by atoms with E-state index in [2.05, 4.69) is 41.2 Å². The molecule has 18 heavy (non-hydrogen) atoms. The van der Waals surface area contributed by atoms with Crippen molar-refractivity contribution < 1.29 is 0 Å². The van der Waals surface area contributed by atoms with E-state index in [0.29, 0.717) is 5.15 Å². The Morgan fingerprint density at radius 1 is 1.11 bits per heavy atom. The molecule has 0 aliphatic heterocycles. The molecular formula is C14H15ClN2S. The molecule has 0 bridgehead atoms. The van der Waals surface area contributed by atoms with Crippen LogP contribution in [0.25, 0.3) is 0 Å². The first-order chi connectivity index (χ1) is 8.60. The molecule has 0 radical (unpaired) electrons. The van der Waals surface area contributed by atoms with Crippen LogP contribution in [0.3, 0.4) is 0 Å². The lowest BCUT2D eigenvalue weighted by Gasteiger charge is -2.08. The van der Waals surface area contributed by atoms with Crippen LogP contribution in [0.2, 0.25) is 5.15 Å². The van der Waals surface area contributed by atoms with Gasteiger partial charge in [0.05, 0.1) is 0 Å². The summed E-state index contributed by atoms with van der Waals surface area (Å²) in [5.74, 6) is 0.792. The minimum Gasteiger partial charge on any atom is -0.226 e. The van der Waals surface area contributed by atoms with Gasteiger partial charge in [-0.25, -0.2) is 9.97 Å². The Hall–Kier alpha value is -1.06. The van der Waals surface area contributed by atoms with Gasteiger partial charge in [-0.05, 0) is 26.0 Å². The highest BCUT2D eigenvalue weighted by molar-refractivity contribution is 7.99. The van der Waals surface area contributed by atoms with E-state index in [0.717, 1.165) is 22.8 Å². The van der Waals surface area contributed by atoms with E-state index < -0.39 is 0 Å². The number of halogens is 1. The summed E-state index contributed by atoms with van der Waals surface area (Å²) in [6, 6.07) is 8.39. The number of nitrogens with zero attached hydrogens (tertiary/aromatic N) is 2. The lowest BCUT2D eigenvalue weighted by Crippen LogP contribution is -1.98. The summed E-state index contributed by atoms with van der Waals surface area (Å²) in [6.45, 7) is 6.07. The molecule has 94 valence electrons. The summed E-state index contributed by atoms with van der Waals surface area (Å²) in [7, 11) is 0. The normalized spacial score (nSPS) is 10.7. The molecule has 0 saturated carbocycles. The minimum atomic E-state index is 0.552. The summed E-state index contributed by atoms with van der Waals surface area (Å²) in [6.07, 6.45) is 0.793. The Labute approximate surface area is 117 Å². The number of aromatic nitrogens is 2. The van der Waals surface area contributed by atoms with Crippen molar-refractivity contribution in [1.82, 2.24) is 9.97 Å². The molecule has 0 aliphatic rings. The van der Waals surface area contributed by atoms with Gasteiger partial charge in [-0.3, -0.25) is 0 Å². The van der Waals surface area contributed by atoms with Gasteiger partial charge in [0.25, 0.3) is 0 Å². The molecular weight excluding hydrogens is 264 g/mol. The molecule has 1 heterocycles. The number of aryl methyl sites for hydroxylation is 2. The Morgan fingerprint density at radius 3 is 2.39 bits per heavy atom. The van der Waals surface area contributed by atoms with Crippen LogP contribution in [0.1, 0.15) is 23.9 Å². The van der Waals surface area contributed by atoms with E-state index in [4.69, 9.17) is 11.6 Å². The third-order valence-corrected chi connectivity index (χ3v) is 4.11. The molecule has 2 nitrogen and oxygen atoms in total. The van der Waals surface area contributed by atoms with Crippen molar-refractivity contribution in [1.29, 1.82) is 0 Å². The van der Waals surface area contributed by atoms with Crippen LogP contribution in [-0.2, 0) is 6.42 Å². The highest BCUT2D eigenvalue weighted by Crippen LogP contribution is 2.31. The van der Waals surface area contributed by atoms with Gasteiger partial charge in [0.15, 0.2) is 0 Å². The van der Waals surface area contributed by atoms with E-state index in [1.807, 2.05) is 13.8 Å². The largest absolute Gasteiger partial charge is 0.226 e. The standard InChI is InChI=1S/C14H15ClN2S/c1-4-12-16-13(15)10(3)14(17-12)18-11-7-5-9(2)6-8-11/h5-8H,4H2,1-3H3. The fourth-order valence-corrected chi connectivity index (χ4v) is 2.63. The molecule has 0 spiro atoms. The van der Waals surface area contributed by atoms with Crippen LogP contribution in [0.5, 0.6) is 0 Å². The van der Waals surface area contributed by atoms with E-state index in [-0.39, 0.29) is 0 Å². The maximum atomic E-state index is 6.12. The van der Waals surface area contributed by atoms with Crippen LogP contribution < -0.4 is 0 Å². The Bertz CT molecular complexity index is 552. The first-order valence-corrected chi connectivity index (χ1v) is 7.07. The molecule has 2 rings (SSSR count). The molecule has 0 amide bonds. The summed E-state index contributed by atoms with van der Waals surface area (Å²) in [5.41, 5.74) is 2.20. The molecule has 2 aromatic rings. The first-order valence-electron chi connectivity index (χ1n) is 5.87. The second-order valence-corrected chi connectivity index (χ2v) is 5.55. The van der Waals surface area contributed by atoms with Crippen molar-refractivity contribution >= 4 is 23.4 Å². The Morgan fingerprint density at radius 2 is 1.78 bits per heavy atom. The van der Waals surface area contributed by atoms with Gasteiger partial charge in [0.1, 0.15) is 16.0 Å². The quantitative estimate of drug-likeness (QED) is 0.775. The van der Waals surface area contributed by atoms with E-state index in [9.17, 15) is 0 Å². The van der Waals surface area contributed by atoms with E-state index in [1.165, 1.54) is 10.5 Å². The van der Waals surface area contributed by atoms with Gasteiger partial charge >= 0.3 is 0 Å². The second-order valence-electron chi connectivity index (χ2n) is 4.13. The summed E-state index contributed by atoms with van der Waals surface area (Å²) in [4.78, 5) is 9.95. The average molecular weight is 279 g/mol. The Balaban J connectivity index is 2.33. The lowest BCUT2D eigenvalue weighted by molar-refractivity contribution is 0.872. The molecule has 4 heteroatoms. The molecule has 0 saturated heterocycles. The topological polar surface area (TPSA) is 25.8 Å². The Kier molecular flexibility index (Phi) is 4.25. The van der Waals surface area contributed by atoms with Crippen molar-refractivity contribution in [2.45, 2.75) is 37.1 Å². The highest BCUT2D eigenvalue weighted by Gasteiger charge is 2.09. The van der Waals surface area contributed by atoms with E-state index >= 15 is 0 Å². The van der Waals surface area contributed by atoms with Crippen LogP contribution in [-0.4, -0.2) is 9.97 Å². The third-order valence-electron chi connectivity index (χ3n) is 2.64. The predicted molar refractivity (Wildman–Crippen MR) is 76.5 cm³/mol. The fraction of sp³-hybridized carbons (Fsp3) is 0.286. The van der Waals surface area contributed by atoms with Crippen LogP contribution in [0.4, 0.5) is 0 Å².